The van der Waals surface area contributed by atoms with E-state index in [4.69, 9.17) is 4.74 Å². The Morgan fingerprint density at radius 3 is 2.69 bits per heavy atom. The Labute approximate surface area is 194 Å². The van der Waals surface area contributed by atoms with Gasteiger partial charge < -0.3 is 9.84 Å². The average Bonchev–Trinajstić information content (AvgIpc) is 3.34. The van der Waals surface area contributed by atoms with Gasteiger partial charge in [-0.15, -0.1) is 10.2 Å². The Balaban J connectivity index is 1.23. The van der Waals surface area contributed by atoms with Crippen LogP contribution < -0.4 is 11.0 Å². The molecule has 0 spiro atoms. The van der Waals surface area contributed by atoms with Crippen LogP contribution in [0.2, 0.25) is 0 Å². The average molecular weight is 447 g/mol. The Kier molecular flexibility index (Phi) is 6.26. The van der Waals surface area contributed by atoms with Gasteiger partial charge in [0.05, 0.1) is 12.2 Å². The number of hydrogen-bond donors (Lipinski definition) is 3. The van der Waals surface area contributed by atoms with Gasteiger partial charge in [0.15, 0.2) is 0 Å². The zero-order valence-corrected chi connectivity index (χ0v) is 20.8. The molecule has 0 aromatic carbocycles. The normalized spacial score (nSPS) is 47.0. The van der Waals surface area contributed by atoms with Gasteiger partial charge in [-0.1, -0.05) is 13.8 Å². The quantitative estimate of drug-likeness (QED) is 0.567. The van der Waals surface area contributed by atoms with Gasteiger partial charge in [0.25, 0.3) is 0 Å². The van der Waals surface area contributed by atoms with Crippen molar-refractivity contribution < 1.29 is 9.84 Å². The first-order valence-electron chi connectivity index (χ1n) is 13.5. The van der Waals surface area contributed by atoms with E-state index < -0.39 is 5.60 Å². The molecule has 5 rings (SSSR count). The summed E-state index contributed by atoms with van der Waals surface area (Å²) in [6.07, 6.45) is 11.5. The highest BCUT2D eigenvalue weighted by molar-refractivity contribution is 5.79. The van der Waals surface area contributed by atoms with E-state index in [1.807, 2.05) is 13.8 Å². The molecule has 0 saturated heterocycles. The fourth-order valence-electron chi connectivity index (χ4n) is 9.24. The molecule has 0 amide bonds. The minimum absolute atomic E-state index is 0.493. The summed E-state index contributed by atoms with van der Waals surface area (Å²) in [5.41, 5.74) is 6.38. The van der Waals surface area contributed by atoms with Gasteiger partial charge in [-0.2, -0.15) is 0 Å². The first kappa shape index (κ1) is 22.9. The second kappa shape index (κ2) is 8.74. The van der Waals surface area contributed by atoms with E-state index in [1.165, 1.54) is 44.9 Å². The van der Waals surface area contributed by atoms with Gasteiger partial charge in [0.2, 0.25) is 0 Å². The molecule has 6 nitrogen and oxygen atoms in total. The van der Waals surface area contributed by atoms with Crippen molar-refractivity contribution in [1.82, 2.24) is 16.1 Å². The number of nitrogens with zero attached hydrogens (tertiary/aromatic N) is 2. The molecule has 0 aromatic rings. The lowest BCUT2D eigenvalue weighted by atomic mass is 9.48. The second-order valence-electron chi connectivity index (χ2n) is 12.3. The number of hydrazone groups is 1. The monoisotopic (exact) mass is 446 g/mol. The molecule has 9 atom stereocenters. The summed E-state index contributed by atoms with van der Waals surface area (Å²) < 4.78 is 5.65. The smallest absolute Gasteiger partial charge is 0.136 e. The predicted molar refractivity (Wildman–Crippen MR) is 127 cm³/mol. The van der Waals surface area contributed by atoms with Crippen LogP contribution in [-0.4, -0.2) is 41.4 Å². The van der Waals surface area contributed by atoms with Gasteiger partial charge in [-0.3, -0.25) is 5.43 Å². The van der Waals surface area contributed by atoms with Crippen molar-refractivity contribution in [1.29, 1.82) is 0 Å². The Bertz CT molecular complexity index is 716. The fourth-order valence-corrected chi connectivity index (χ4v) is 9.24. The zero-order chi connectivity index (χ0) is 22.5. The Hall–Kier alpha value is -0.850. The standard InChI is InChI=1S/C26H46N4O2/c1-5-32-16-26(31)13-11-20-19(14-26)6-7-22-21(20)10-12-25(4)23(8-9-24(22)25)17(2)15-30-28-18(3)27-29-30/h17,19-24,29,31H,5-16H2,1-4H3,(H,27,28)/t17-,19+,20+,21-,22-,23-,24+,25-,26-/m1/s1. The van der Waals surface area contributed by atoms with E-state index in [0.29, 0.717) is 30.5 Å². The van der Waals surface area contributed by atoms with Gasteiger partial charge in [-0.25, -0.2) is 5.53 Å². The molecule has 6 heteroatoms. The molecule has 1 heterocycles. The number of nitrogens with one attached hydrogen (secondary N) is 2. The van der Waals surface area contributed by atoms with E-state index in [1.54, 1.807) is 0 Å². The van der Waals surface area contributed by atoms with E-state index in [-0.39, 0.29) is 0 Å². The third-order valence-corrected chi connectivity index (χ3v) is 10.5. The summed E-state index contributed by atoms with van der Waals surface area (Å²) in [7, 11) is 0. The molecule has 32 heavy (non-hydrogen) atoms. The van der Waals surface area contributed by atoms with Crippen molar-refractivity contribution in [2.45, 2.75) is 91.1 Å². The lowest BCUT2D eigenvalue weighted by Crippen LogP contribution is -2.52. The second-order valence-corrected chi connectivity index (χ2v) is 12.3. The van der Waals surface area contributed by atoms with Crippen LogP contribution in [0, 0.1) is 46.8 Å². The van der Waals surface area contributed by atoms with Crippen LogP contribution in [0.15, 0.2) is 5.10 Å². The highest BCUT2D eigenvalue weighted by Crippen LogP contribution is 2.65. The van der Waals surface area contributed by atoms with Crippen molar-refractivity contribution in [2.75, 3.05) is 19.8 Å². The molecular weight excluding hydrogens is 400 g/mol. The van der Waals surface area contributed by atoms with Crippen LogP contribution in [0.3, 0.4) is 0 Å². The van der Waals surface area contributed by atoms with Crippen molar-refractivity contribution in [3.8, 4) is 0 Å². The molecule has 0 aromatic heterocycles. The van der Waals surface area contributed by atoms with Crippen LogP contribution in [0.5, 0.6) is 0 Å². The number of aliphatic hydroxyl groups is 1. The summed E-state index contributed by atoms with van der Waals surface area (Å²) in [4.78, 5) is 0. The molecular formula is C26H46N4O2. The molecule has 4 fully saturated rings. The highest BCUT2D eigenvalue weighted by atomic mass is 16.5. The number of fused-ring (bicyclic) bond motifs is 5. The molecule has 3 N–H and O–H groups in total. The molecule has 0 unspecified atom stereocenters. The maximum Gasteiger partial charge on any atom is 0.136 e. The summed E-state index contributed by atoms with van der Waals surface area (Å²) in [5.74, 6) is 6.68. The van der Waals surface area contributed by atoms with Crippen molar-refractivity contribution >= 4 is 5.84 Å². The number of hydrazine groups is 2. The number of hydrogen-bond acceptors (Lipinski definition) is 6. The van der Waals surface area contributed by atoms with Gasteiger partial charge in [0.1, 0.15) is 5.84 Å². The molecule has 4 saturated carbocycles. The largest absolute Gasteiger partial charge is 0.387 e. The summed E-state index contributed by atoms with van der Waals surface area (Å²) in [6.45, 7) is 11.4. The van der Waals surface area contributed by atoms with Crippen LogP contribution in [0.4, 0.5) is 0 Å². The Morgan fingerprint density at radius 2 is 1.94 bits per heavy atom. The number of ether oxygens (including phenoxy) is 1. The van der Waals surface area contributed by atoms with Crippen molar-refractivity contribution in [2.24, 2.45) is 51.9 Å². The molecule has 5 aliphatic rings. The van der Waals surface area contributed by atoms with Crippen LogP contribution in [0.1, 0.15) is 85.5 Å². The predicted octanol–water partition coefficient (Wildman–Crippen LogP) is 4.32. The maximum absolute atomic E-state index is 11.1. The zero-order valence-electron chi connectivity index (χ0n) is 20.8. The van der Waals surface area contributed by atoms with E-state index in [0.717, 1.165) is 54.8 Å². The van der Waals surface area contributed by atoms with Gasteiger partial charge >= 0.3 is 0 Å². The van der Waals surface area contributed by atoms with Crippen LogP contribution >= 0.6 is 0 Å². The minimum Gasteiger partial charge on any atom is -0.387 e. The Morgan fingerprint density at radius 1 is 1.12 bits per heavy atom. The summed E-state index contributed by atoms with van der Waals surface area (Å²) in [5, 5.41) is 17.4. The van der Waals surface area contributed by atoms with Gasteiger partial charge in [0, 0.05) is 13.2 Å². The summed E-state index contributed by atoms with van der Waals surface area (Å²) in [6, 6.07) is 0. The number of rotatable bonds is 6. The lowest BCUT2D eigenvalue weighted by Gasteiger charge is -2.57. The van der Waals surface area contributed by atoms with Crippen molar-refractivity contribution in [3.63, 3.8) is 0 Å². The highest BCUT2D eigenvalue weighted by Gasteiger charge is 2.58. The molecule has 0 bridgehead atoms. The molecule has 1 aliphatic heterocycles. The minimum atomic E-state index is -0.569. The molecule has 182 valence electrons. The van der Waals surface area contributed by atoms with Crippen LogP contribution in [-0.2, 0) is 4.74 Å². The topological polar surface area (TPSA) is 69.1 Å². The fraction of sp³-hybridized carbons (Fsp3) is 0.962. The third-order valence-electron chi connectivity index (χ3n) is 10.5. The first-order chi connectivity index (χ1) is 15.3. The van der Waals surface area contributed by atoms with Crippen LogP contribution in [0.25, 0.3) is 0 Å². The summed E-state index contributed by atoms with van der Waals surface area (Å²) >= 11 is 0. The third kappa shape index (κ3) is 3.98. The van der Waals surface area contributed by atoms with E-state index >= 15 is 0 Å². The maximum atomic E-state index is 11.1. The lowest BCUT2D eigenvalue weighted by molar-refractivity contribution is -0.129. The first-order valence-corrected chi connectivity index (χ1v) is 13.5. The molecule has 0 radical (unpaired) electrons. The SMILES string of the molecule is CCOC[C@@]1(O)CC[C@H]2[C@@H](CC[C@@H]3[C@@H]2CC[C@]2(C)[C@@H]([C@H](C)CN4NN=C(C)N4)CC[C@@H]32)C1. The van der Waals surface area contributed by atoms with E-state index in [9.17, 15) is 5.11 Å². The van der Waals surface area contributed by atoms with Gasteiger partial charge in [-0.05, 0) is 118 Å². The van der Waals surface area contributed by atoms with E-state index in [2.05, 4.69) is 35.0 Å². The number of amidine groups is 1. The molecule has 4 aliphatic carbocycles. The van der Waals surface area contributed by atoms with Crippen molar-refractivity contribution in [3.05, 3.63) is 0 Å².